The van der Waals surface area contributed by atoms with Gasteiger partial charge in [0.25, 0.3) is 0 Å². The molecule has 4 nitrogen and oxygen atoms in total. The molecule has 0 saturated heterocycles. The fourth-order valence-electron chi connectivity index (χ4n) is 1.41. The van der Waals surface area contributed by atoms with Gasteiger partial charge in [0, 0.05) is 0 Å². The molecule has 2 rings (SSSR count). The summed E-state index contributed by atoms with van der Waals surface area (Å²) in [5, 5.41) is 17.3. The normalized spacial score (nSPS) is 11.0. The second kappa shape index (κ2) is 10.7. The molecule has 21 heavy (non-hydrogen) atoms. The molecule has 0 aliphatic heterocycles. The molecule has 0 aliphatic rings. The maximum absolute atomic E-state index is 8.89. The van der Waals surface area contributed by atoms with Crippen LogP contribution in [0.5, 0.6) is 11.5 Å². The SMILES string of the molecule is CC(O)COc1ccccc1.OCCOc1ccccc1. The lowest BCUT2D eigenvalue weighted by Gasteiger charge is -2.06. The number of aliphatic hydroxyl groups is 2. The Morgan fingerprint density at radius 1 is 0.857 bits per heavy atom. The third-order valence-electron chi connectivity index (χ3n) is 2.34. The van der Waals surface area contributed by atoms with Crippen LogP contribution in [0.2, 0.25) is 0 Å². The van der Waals surface area contributed by atoms with Crippen molar-refractivity contribution < 1.29 is 19.7 Å². The molecule has 0 fully saturated rings. The average molecular weight is 290 g/mol. The highest BCUT2D eigenvalue weighted by Crippen LogP contribution is 2.08. The van der Waals surface area contributed by atoms with Gasteiger partial charge in [0.2, 0.25) is 0 Å². The van der Waals surface area contributed by atoms with Crippen molar-refractivity contribution >= 4 is 0 Å². The van der Waals surface area contributed by atoms with Crippen molar-refractivity contribution in [2.24, 2.45) is 0 Å². The Kier molecular flexibility index (Phi) is 8.68. The number of benzene rings is 2. The van der Waals surface area contributed by atoms with Gasteiger partial charge in [-0.25, -0.2) is 0 Å². The number of hydrogen-bond acceptors (Lipinski definition) is 4. The highest BCUT2D eigenvalue weighted by Gasteiger charge is 1.95. The number of rotatable bonds is 6. The Balaban J connectivity index is 0.000000211. The van der Waals surface area contributed by atoms with E-state index in [0.717, 1.165) is 11.5 Å². The molecule has 2 aromatic carbocycles. The van der Waals surface area contributed by atoms with Gasteiger partial charge in [-0.2, -0.15) is 0 Å². The van der Waals surface area contributed by atoms with Gasteiger partial charge in [-0.1, -0.05) is 36.4 Å². The first kappa shape index (κ1) is 17.0. The summed E-state index contributed by atoms with van der Waals surface area (Å²) in [6.45, 7) is 2.48. The van der Waals surface area contributed by atoms with E-state index >= 15 is 0 Å². The molecule has 2 N–H and O–H groups in total. The van der Waals surface area contributed by atoms with Crippen LogP contribution in [0.1, 0.15) is 6.92 Å². The van der Waals surface area contributed by atoms with E-state index in [1.165, 1.54) is 0 Å². The summed E-state index contributed by atoms with van der Waals surface area (Å²) in [4.78, 5) is 0. The second-order valence-corrected chi connectivity index (χ2v) is 4.36. The Bertz CT molecular complexity index is 457. The highest BCUT2D eigenvalue weighted by molar-refractivity contribution is 5.21. The zero-order valence-corrected chi connectivity index (χ0v) is 12.2. The van der Waals surface area contributed by atoms with Gasteiger partial charge < -0.3 is 19.7 Å². The van der Waals surface area contributed by atoms with Gasteiger partial charge in [0.1, 0.15) is 24.7 Å². The van der Waals surface area contributed by atoms with Crippen LogP contribution in [0.25, 0.3) is 0 Å². The molecule has 1 unspecified atom stereocenters. The molecule has 0 heterocycles. The molecule has 0 aromatic heterocycles. The molecule has 114 valence electrons. The third-order valence-corrected chi connectivity index (χ3v) is 2.34. The van der Waals surface area contributed by atoms with Crippen LogP contribution in [0.15, 0.2) is 60.7 Å². The minimum atomic E-state index is -0.407. The molecule has 0 amide bonds. The fraction of sp³-hybridized carbons (Fsp3) is 0.294. The predicted octanol–water partition coefficient (Wildman–Crippen LogP) is 2.50. The number of ether oxygens (including phenoxy) is 2. The van der Waals surface area contributed by atoms with Gasteiger partial charge in [-0.3, -0.25) is 0 Å². The van der Waals surface area contributed by atoms with Crippen molar-refractivity contribution in [3.8, 4) is 11.5 Å². The molecule has 1 atom stereocenters. The first-order valence-corrected chi connectivity index (χ1v) is 6.87. The monoisotopic (exact) mass is 290 g/mol. The lowest BCUT2D eigenvalue weighted by Crippen LogP contribution is -2.12. The molecular formula is C17H22O4. The van der Waals surface area contributed by atoms with Gasteiger partial charge >= 0.3 is 0 Å². The largest absolute Gasteiger partial charge is 0.491 e. The minimum Gasteiger partial charge on any atom is -0.491 e. The van der Waals surface area contributed by atoms with Gasteiger partial charge in [-0.05, 0) is 31.2 Å². The molecule has 0 saturated carbocycles. The molecule has 0 spiro atoms. The van der Waals surface area contributed by atoms with Crippen LogP contribution < -0.4 is 9.47 Å². The Morgan fingerprint density at radius 3 is 1.76 bits per heavy atom. The number of hydrogen-bond donors (Lipinski definition) is 2. The highest BCUT2D eigenvalue weighted by atomic mass is 16.5. The van der Waals surface area contributed by atoms with Gasteiger partial charge in [0.15, 0.2) is 0 Å². The van der Waals surface area contributed by atoms with Crippen molar-refractivity contribution in [2.45, 2.75) is 13.0 Å². The zero-order valence-electron chi connectivity index (χ0n) is 12.2. The maximum atomic E-state index is 8.89. The van der Waals surface area contributed by atoms with E-state index in [0.29, 0.717) is 13.2 Å². The van der Waals surface area contributed by atoms with Crippen LogP contribution in [0.4, 0.5) is 0 Å². The van der Waals surface area contributed by atoms with Crippen LogP contribution in [-0.2, 0) is 0 Å². The van der Waals surface area contributed by atoms with E-state index in [1.807, 2.05) is 60.7 Å². The van der Waals surface area contributed by atoms with Crippen LogP contribution in [0, 0.1) is 0 Å². The molecule has 2 aromatic rings. The summed E-state index contributed by atoms with van der Waals surface area (Å²) in [6, 6.07) is 18.9. The van der Waals surface area contributed by atoms with Crippen LogP contribution in [-0.4, -0.2) is 36.1 Å². The Morgan fingerprint density at radius 2 is 1.33 bits per heavy atom. The second-order valence-electron chi connectivity index (χ2n) is 4.36. The first-order chi connectivity index (χ1) is 10.2. The molecule has 0 aliphatic carbocycles. The quantitative estimate of drug-likeness (QED) is 0.858. The zero-order chi connectivity index (χ0) is 15.3. The summed E-state index contributed by atoms with van der Waals surface area (Å²) < 4.78 is 10.3. The minimum absolute atomic E-state index is 0.0644. The maximum Gasteiger partial charge on any atom is 0.119 e. The lowest BCUT2D eigenvalue weighted by atomic mass is 10.3. The third kappa shape index (κ3) is 8.68. The van der Waals surface area contributed by atoms with Crippen molar-refractivity contribution in [1.82, 2.24) is 0 Å². The summed E-state index contributed by atoms with van der Waals surface area (Å²) in [5.74, 6) is 1.60. The number of aliphatic hydroxyl groups excluding tert-OH is 2. The summed E-state index contributed by atoms with van der Waals surface area (Å²) in [5.41, 5.74) is 0. The smallest absolute Gasteiger partial charge is 0.119 e. The van der Waals surface area contributed by atoms with Crippen LogP contribution in [0.3, 0.4) is 0 Å². The predicted molar refractivity (Wildman–Crippen MR) is 82.6 cm³/mol. The summed E-state index contributed by atoms with van der Waals surface area (Å²) in [6.07, 6.45) is -0.407. The van der Waals surface area contributed by atoms with Gasteiger partial charge in [-0.15, -0.1) is 0 Å². The van der Waals surface area contributed by atoms with Crippen LogP contribution >= 0.6 is 0 Å². The molecular weight excluding hydrogens is 268 g/mol. The Hall–Kier alpha value is -2.04. The van der Waals surface area contributed by atoms with E-state index < -0.39 is 6.10 Å². The van der Waals surface area contributed by atoms with Crippen molar-refractivity contribution in [3.63, 3.8) is 0 Å². The molecule has 4 heteroatoms. The fourth-order valence-corrected chi connectivity index (χ4v) is 1.41. The summed E-state index contributed by atoms with van der Waals surface area (Å²) >= 11 is 0. The topological polar surface area (TPSA) is 58.9 Å². The van der Waals surface area contributed by atoms with E-state index in [9.17, 15) is 0 Å². The number of para-hydroxylation sites is 2. The van der Waals surface area contributed by atoms with Crippen molar-refractivity contribution in [3.05, 3.63) is 60.7 Å². The summed E-state index contributed by atoms with van der Waals surface area (Å²) in [7, 11) is 0. The van der Waals surface area contributed by atoms with Gasteiger partial charge in [0.05, 0.1) is 12.7 Å². The standard InChI is InChI=1S/C9H12O2.C8H10O2/c1-8(10)7-11-9-5-3-2-4-6-9;9-6-7-10-8-4-2-1-3-5-8/h2-6,8,10H,7H2,1H3;1-5,9H,6-7H2. The molecule has 0 bridgehead atoms. The van der Waals surface area contributed by atoms with E-state index in [-0.39, 0.29) is 6.61 Å². The van der Waals surface area contributed by atoms with Crippen molar-refractivity contribution in [1.29, 1.82) is 0 Å². The Labute approximate surface area is 125 Å². The molecule has 0 radical (unpaired) electrons. The van der Waals surface area contributed by atoms with Crippen molar-refractivity contribution in [2.75, 3.05) is 19.8 Å². The average Bonchev–Trinajstić information content (AvgIpc) is 2.53. The first-order valence-electron chi connectivity index (χ1n) is 6.87. The van der Waals surface area contributed by atoms with E-state index in [1.54, 1.807) is 6.92 Å². The lowest BCUT2D eigenvalue weighted by molar-refractivity contribution is 0.123. The van der Waals surface area contributed by atoms with E-state index in [2.05, 4.69) is 0 Å². The van der Waals surface area contributed by atoms with E-state index in [4.69, 9.17) is 19.7 Å².